The minimum atomic E-state index is 0. The number of allylic oxidation sites excluding steroid dienone is 8. The molecule has 184 valence electrons. The summed E-state index contributed by atoms with van der Waals surface area (Å²) in [6.07, 6.45) is 27.8. The average molecular weight is 569 g/mol. The zero-order valence-corrected chi connectivity index (χ0v) is 26.3. The predicted molar refractivity (Wildman–Crippen MR) is 131 cm³/mol. The van der Waals surface area contributed by atoms with Crippen LogP contribution < -0.4 is 24.8 Å². The van der Waals surface area contributed by atoms with E-state index in [0.717, 1.165) is 11.8 Å². The molecule has 0 heterocycles. The molecular formula is C30H46Cl2Zr. The quantitative estimate of drug-likeness (QED) is 0.458. The fourth-order valence-electron chi connectivity index (χ4n) is 7.55. The molecule has 0 aromatic heterocycles. The van der Waals surface area contributed by atoms with E-state index in [1.807, 2.05) is 0 Å². The van der Waals surface area contributed by atoms with Crippen LogP contribution in [-0.4, -0.2) is 0 Å². The third kappa shape index (κ3) is 6.05. The van der Waals surface area contributed by atoms with E-state index in [9.17, 15) is 0 Å². The van der Waals surface area contributed by atoms with Crippen LogP contribution in [0.5, 0.6) is 0 Å². The van der Waals surface area contributed by atoms with Gasteiger partial charge in [0.25, 0.3) is 0 Å². The van der Waals surface area contributed by atoms with Crippen LogP contribution >= 0.6 is 0 Å². The molecule has 0 bridgehead atoms. The van der Waals surface area contributed by atoms with Crippen molar-refractivity contribution in [2.24, 2.45) is 33.5 Å². The van der Waals surface area contributed by atoms with Crippen LogP contribution in [0.4, 0.5) is 0 Å². The number of hydrogen-bond acceptors (Lipinski definition) is 0. The van der Waals surface area contributed by atoms with E-state index in [4.69, 9.17) is 0 Å². The minimum absolute atomic E-state index is 0. The molecule has 0 radical (unpaired) electrons. The van der Waals surface area contributed by atoms with E-state index in [1.54, 1.807) is 0 Å². The Balaban J connectivity index is 0.000000569. The van der Waals surface area contributed by atoms with Crippen molar-refractivity contribution in [3.63, 3.8) is 0 Å². The van der Waals surface area contributed by atoms with Crippen LogP contribution in [0.1, 0.15) is 107 Å². The maximum Gasteiger partial charge on any atom is 4.00 e. The third-order valence-corrected chi connectivity index (χ3v) is 9.52. The van der Waals surface area contributed by atoms with Crippen LogP contribution in [0.2, 0.25) is 0 Å². The molecular weight excluding hydrogens is 522 g/mol. The molecule has 0 nitrogen and oxygen atoms in total. The van der Waals surface area contributed by atoms with Crippen molar-refractivity contribution >= 4 is 0 Å². The molecule has 2 fully saturated rings. The van der Waals surface area contributed by atoms with E-state index in [0.29, 0.717) is 10.8 Å². The first-order valence-corrected chi connectivity index (χ1v) is 12.6. The predicted octanol–water partition coefficient (Wildman–Crippen LogP) is 3.06. The first-order chi connectivity index (χ1) is 14.0. The van der Waals surface area contributed by atoms with Gasteiger partial charge >= 0.3 is 26.2 Å². The average Bonchev–Trinajstić information content (AvgIpc) is 3.44. The summed E-state index contributed by atoms with van der Waals surface area (Å²) < 4.78 is 0. The third-order valence-electron chi connectivity index (χ3n) is 9.52. The van der Waals surface area contributed by atoms with Crippen LogP contribution in [0, 0.1) is 45.6 Å². The standard InChI is InChI=1S/2C15H23.2ClH.Zr/c2*1-12(2)15(8-5-6-9-15)14(4)10-7-13(3)11-14;;;/h2*7,10,12H,5-6,8-9H2,1-4H3;2*1H;/q2*-1;;;+4/p-2. The van der Waals surface area contributed by atoms with Crippen LogP contribution in [-0.2, 0) is 26.2 Å². The minimum Gasteiger partial charge on any atom is -1.00 e. The van der Waals surface area contributed by atoms with Gasteiger partial charge in [0.2, 0.25) is 0 Å². The molecule has 0 aromatic carbocycles. The van der Waals surface area contributed by atoms with Gasteiger partial charge in [-0.05, 0) is 48.3 Å². The van der Waals surface area contributed by atoms with Gasteiger partial charge in [0.05, 0.1) is 0 Å². The SMILES string of the molecule is CC1=[C-]C(C)(C2(C(C)C)CCCC2)C=C1.CC1=[C-]C(C)(C2(C(C)C)CCCC2)C=C1.[Cl-].[Cl-].[Zr+4]. The molecule has 0 spiro atoms. The van der Waals surface area contributed by atoms with Gasteiger partial charge in [-0.15, -0.1) is 0 Å². The molecule has 0 amide bonds. The zero-order valence-electron chi connectivity index (χ0n) is 22.4. The van der Waals surface area contributed by atoms with Crippen molar-refractivity contribution in [1.29, 1.82) is 0 Å². The summed E-state index contributed by atoms with van der Waals surface area (Å²) in [6, 6.07) is 0. The summed E-state index contributed by atoms with van der Waals surface area (Å²) in [5.74, 6) is 1.51. The summed E-state index contributed by atoms with van der Waals surface area (Å²) >= 11 is 0. The summed E-state index contributed by atoms with van der Waals surface area (Å²) in [5.41, 5.74) is 3.99. The normalized spacial score (nSPS) is 30.7. The van der Waals surface area contributed by atoms with Gasteiger partial charge < -0.3 is 24.8 Å². The Bertz CT molecular complexity index is 681. The molecule has 0 aliphatic heterocycles. The topological polar surface area (TPSA) is 0 Å². The van der Waals surface area contributed by atoms with E-state index in [-0.39, 0.29) is 61.8 Å². The fraction of sp³-hybridized carbons (Fsp3) is 0.733. The second-order valence-electron chi connectivity index (χ2n) is 11.7. The van der Waals surface area contributed by atoms with Crippen molar-refractivity contribution in [3.05, 3.63) is 47.6 Å². The number of rotatable bonds is 4. The van der Waals surface area contributed by atoms with E-state index in [1.165, 1.54) is 62.5 Å². The van der Waals surface area contributed by atoms with Crippen molar-refractivity contribution < 1.29 is 51.0 Å². The Morgan fingerprint density at radius 2 is 0.909 bits per heavy atom. The van der Waals surface area contributed by atoms with Crippen LogP contribution in [0.3, 0.4) is 0 Å². The van der Waals surface area contributed by atoms with Gasteiger partial charge in [0.15, 0.2) is 0 Å². The Hall–Kier alpha value is 0.423. The molecule has 0 N–H and O–H groups in total. The van der Waals surface area contributed by atoms with E-state index < -0.39 is 0 Å². The molecule has 2 saturated carbocycles. The molecule has 33 heavy (non-hydrogen) atoms. The van der Waals surface area contributed by atoms with Gasteiger partial charge in [-0.1, -0.05) is 91.9 Å². The van der Waals surface area contributed by atoms with E-state index in [2.05, 4.69) is 91.8 Å². The second kappa shape index (κ2) is 12.6. The maximum absolute atomic E-state index is 3.70. The zero-order chi connectivity index (χ0) is 22.2. The van der Waals surface area contributed by atoms with Gasteiger partial charge in [-0.2, -0.15) is 12.2 Å². The van der Waals surface area contributed by atoms with Crippen LogP contribution in [0.15, 0.2) is 35.5 Å². The van der Waals surface area contributed by atoms with Crippen molar-refractivity contribution in [3.8, 4) is 0 Å². The molecule has 0 aromatic rings. The van der Waals surface area contributed by atoms with E-state index >= 15 is 0 Å². The number of hydrogen-bond donors (Lipinski definition) is 0. The van der Waals surface area contributed by atoms with Crippen LogP contribution in [0.25, 0.3) is 0 Å². The van der Waals surface area contributed by atoms with Gasteiger partial charge in [-0.25, -0.2) is 23.3 Å². The molecule has 0 saturated heterocycles. The number of halogens is 2. The monoisotopic (exact) mass is 566 g/mol. The van der Waals surface area contributed by atoms with Crippen molar-refractivity contribution in [2.45, 2.75) is 107 Å². The van der Waals surface area contributed by atoms with Crippen molar-refractivity contribution in [2.75, 3.05) is 0 Å². The maximum atomic E-state index is 3.70. The van der Waals surface area contributed by atoms with Gasteiger partial charge in [0, 0.05) is 0 Å². The molecule has 2 atom stereocenters. The summed E-state index contributed by atoms with van der Waals surface area (Å²) in [6.45, 7) is 18.7. The van der Waals surface area contributed by atoms with Gasteiger partial charge in [-0.3, -0.25) is 12.2 Å². The summed E-state index contributed by atoms with van der Waals surface area (Å²) in [4.78, 5) is 0. The molecule has 2 unspecified atom stereocenters. The molecule has 3 heteroatoms. The Labute approximate surface area is 237 Å². The Morgan fingerprint density at radius 3 is 1.09 bits per heavy atom. The van der Waals surface area contributed by atoms with Gasteiger partial charge in [0.1, 0.15) is 0 Å². The second-order valence-corrected chi connectivity index (χ2v) is 11.7. The largest absolute Gasteiger partial charge is 4.00 e. The fourth-order valence-corrected chi connectivity index (χ4v) is 7.55. The molecule has 4 aliphatic carbocycles. The first-order valence-electron chi connectivity index (χ1n) is 12.6. The summed E-state index contributed by atoms with van der Waals surface area (Å²) in [5, 5.41) is 0. The Kier molecular flexibility index (Phi) is 12.8. The van der Waals surface area contributed by atoms with Crippen molar-refractivity contribution in [1.82, 2.24) is 0 Å². The smallest absolute Gasteiger partial charge is 1.00 e. The first kappa shape index (κ1) is 33.4. The Morgan fingerprint density at radius 1 is 0.636 bits per heavy atom. The summed E-state index contributed by atoms with van der Waals surface area (Å²) in [7, 11) is 0. The molecule has 4 aliphatic rings. The molecule has 4 rings (SSSR count).